The molecule has 1 N–H and O–H groups in total. The SMILES string of the molecule is CNC1CCCc2nc(-c3ccc(OC)nn3)sc21. The lowest BCUT2D eigenvalue weighted by Gasteiger charge is -2.19. The van der Waals surface area contributed by atoms with Crippen molar-refractivity contribution in [2.75, 3.05) is 14.2 Å². The molecule has 0 bridgehead atoms. The summed E-state index contributed by atoms with van der Waals surface area (Å²) in [6.45, 7) is 0. The van der Waals surface area contributed by atoms with E-state index in [0.29, 0.717) is 11.9 Å². The molecule has 2 heterocycles. The fraction of sp³-hybridized carbons (Fsp3) is 0.462. The number of methoxy groups -OCH3 is 1. The maximum atomic E-state index is 5.02. The second-order valence-electron chi connectivity index (χ2n) is 4.52. The molecule has 0 saturated heterocycles. The third-order valence-corrected chi connectivity index (χ3v) is 4.60. The second kappa shape index (κ2) is 5.22. The van der Waals surface area contributed by atoms with Gasteiger partial charge in [-0.2, -0.15) is 0 Å². The zero-order valence-electron chi connectivity index (χ0n) is 11.0. The molecule has 0 aliphatic heterocycles. The van der Waals surface area contributed by atoms with E-state index in [1.165, 1.54) is 23.4 Å². The summed E-state index contributed by atoms with van der Waals surface area (Å²) < 4.78 is 5.02. The van der Waals surface area contributed by atoms with E-state index in [-0.39, 0.29) is 0 Å². The predicted molar refractivity (Wildman–Crippen MR) is 74.4 cm³/mol. The molecule has 1 aliphatic rings. The van der Waals surface area contributed by atoms with Crippen LogP contribution in [0, 0.1) is 0 Å². The number of ether oxygens (including phenoxy) is 1. The Balaban J connectivity index is 1.95. The van der Waals surface area contributed by atoms with E-state index in [1.54, 1.807) is 18.4 Å². The molecule has 19 heavy (non-hydrogen) atoms. The van der Waals surface area contributed by atoms with Gasteiger partial charge in [0, 0.05) is 17.0 Å². The molecule has 1 atom stereocenters. The molecule has 2 aromatic heterocycles. The van der Waals surface area contributed by atoms with Crippen molar-refractivity contribution < 1.29 is 4.74 Å². The average molecular weight is 276 g/mol. The lowest BCUT2D eigenvalue weighted by Crippen LogP contribution is -2.19. The Morgan fingerprint density at radius 3 is 2.95 bits per heavy atom. The third kappa shape index (κ3) is 2.33. The number of rotatable bonds is 3. The smallest absolute Gasteiger partial charge is 0.233 e. The molecule has 1 aliphatic carbocycles. The highest BCUT2D eigenvalue weighted by molar-refractivity contribution is 7.15. The Kier molecular flexibility index (Phi) is 3.44. The van der Waals surface area contributed by atoms with E-state index in [0.717, 1.165) is 17.1 Å². The maximum Gasteiger partial charge on any atom is 0.233 e. The first kappa shape index (κ1) is 12.5. The van der Waals surface area contributed by atoms with Gasteiger partial charge in [-0.1, -0.05) is 0 Å². The Morgan fingerprint density at radius 1 is 1.37 bits per heavy atom. The number of aromatic nitrogens is 3. The normalized spacial score (nSPS) is 18.1. The largest absolute Gasteiger partial charge is 0.480 e. The Bertz CT molecular complexity index is 567. The lowest BCUT2D eigenvalue weighted by atomic mass is 9.98. The van der Waals surface area contributed by atoms with Gasteiger partial charge in [0.2, 0.25) is 5.88 Å². The third-order valence-electron chi connectivity index (χ3n) is 3.37. The number of thiazole rings is 1. The summed E-state index contributed by atoms with van der Waals surface area (Å²) in [6, 6.07) is 4.16. The van der Waals surface area contributed by atoms with Crippen molar-refractivity contribution in [1.82, 2.24) is 20.5 Å². The number of aryl methyl sites for hydroxylation is 1. The highest BCUT2D eigenvalue weighted by Gasteiger charge is 2.24. The molecule has 0 saturated carbocycles. The molecule has 0 spiro atoms. The molecular formula is C13H16N4OS. The number of fused-ring (bicyclic) bond motifs is 1. The molecule has 2 aromatic rings. The van der Waals surface area contributed by atoms with Crippen molar-refractivity contribution in [2.24, 2.45) is 0 Å². The van der Waals surface area contributed by atoms with E-state index >= 15 is 0 Å². The molecule has 0 amide bonds. The van der Waals surface area contributed by atoms with Gasteiger partial charge in [-0.25, -0.2) is 4.98 Å². The predicted octanol–water partition coefficient (Wildman–Crippen LogP) is 2.21. The van der Waals surface area contributed by atoms with Crippen molar-refractivity contribution in [3.8, 4) is 16.6 Å². The summed E-state index contributed by atoms with van der Waals surface area (Å²) in [6.07, 6.45) is 3.43. The van der Waals surface area contributed by atoms with Crippen LogP contribution in [0.25, 0.3) is 10.7 Å². The molecule has 5 nitrogen and oxygen atoms in total. The number of nitrogens with zero attached hydrogens (tertiary/aromatic N) is 3. The zero-order chi connectivity index (χ0) is 13.2. The summed E-state index contributed by atoms with van der Waals surface area (Å²) in [5.74, 6) is 0.526. The van der Waals surface area contributed by atoms with Crippen LogP contribution in [0.2, 0.25) is 0 Å². The van der Waals surface area contributed by atoms with Gasteiger partial charge < -0.3 is 10.1 Å². The number of hydrogen-bond donors (Lipinski definition) is 1. The summed E-state index contributed by atoms with van der Waals surface area (Å²) in [4.78, 5) is 6.06. The molecule has 0 fully saturated rings. The van der Waals surface area contributed by atoms with Crippen LogP contribution in [-0.4, -0.2) is 29.3 Å². The molecule has 0 aromatic carbocycles. The van der Waals surface area contributed by atoms with Crippen LogP contribution >= 0.6 is 11.3 Å². The highest BCUT2D eigenvalue weighted by Crippen LogP contribution is 2.37. The van der Waals surface area contributed by atoms with E-state index in [9.17, 15) is 0 Å². The zero-order valence-corrected chi connectivity index (χ0v) is 11.8. The highest BCUT2D eigenvalue weighted by atomic mass is 32.1. The summed E-state index contributed by atoms with van der Waals surface area (Å²) >= 11 is 1.72. The first-order valence-corrected chi connectivity index (χ1v) is 7.18. The van der Waals surface area contributed by atoms with Gasteiger partial charge in [-0.15, -0.1) is 21.5 Å². The fourth-order valence-electron chi connectivity index (χ4n) is 2.35. The van der Waals surface area contributed by atoms with Crippen LogP contribution in [0.5, 0.6) is 5.88 Å². The van der Waals surface area contributed by atoms with Gasteiger partial charge in [0.15, 0.2) is 0 Å². The quantitative estimate of drug-likeness (QED) is 0.931. The van der Waals surface area contributed by atoms with Crippen molar-refractivity contribution in [3.63, 3.8) is 0 Å². The lowest BCUT2D eigenvalue weighted by molar-refractivity contribution is 0.392. The molecule has 100 valence electrons. The minimum absolute atomic E-state index is 0.432. The van der Waals surface area contributed by atoms with Crippen LogP contribution in [-0.2, 0) is 6.42 Å². The number of hydrogen-bond acceptors (Lipinski definition) is 6. The van der Waals surface area contributed by atoms with Gasteiger partial charge >= 0.3 is 0 Å². The monoisotopic (exact) mass is 276 g/mol. The van der Waals surface area contributed by atoms with Crippen LogP contribution in [0.15, 0.2) is 12.1 Å². The molecule has 0 radical (unpaired) electrons. The topological polar surface area (TPSA) is 59.9 Å². The first-order chi connectivity index (χ1) is 9.31. The Labute approximate surface area is 116 Å². The standard InChI is InChI=1S/C13H16N4OS/c1-14-8-4-3-5-9-12(8)19-13(15-9)10-6-7-11(18-2)17-16-10/h6-8,14H,3-5H2,1-2H3. The van der Waals surface area contributed by atoms with Gasteiger partial charge in [-0.05, 0) is 32.4 Å². The van der Waals surface area contributed by atoms with Crippen molar-refractivity contribution in [2.45, 2.75) is 25.3 Å². The molecule has 3 rings (SSSR count). The van der Waals surface area contributed by atoms with Gasteiger partial charge in [-0.3, -0.25) is 0 Å². The maximum absolute atomic E-state index is 5.02. The van der Waals surface area contributed by atoms with Gasteiger partial charge in [0.1, 0.15) is 10.7 Å². The summed E-state index contributed by atoms with van der Waals surface area (Å²) in [5.41, 5.74) is 2.03. The van der Waals surface area contributed by atoms with Crippen molar-refractivity contribution in [3.05, 3.63) is 22.7 Å². The van der Waals surface area contributed by atoms with Crippen LogP contribution < -0.4 is 10.1 Å². The number of nitrogens with one attached hydrogen (secondary N) is 1. The minimum atomic E-state index is 0.432. The van der Waals surface area contributed by atoms with E-state index in [4.69, 9.17) is 9.72 Å². The van der Waals surface area contributed by atoms with Gasteiger partial charge in [0.25, 0.3) is 0 Å². The Morgan fingerprint density at radius 2 is 2.26 bits per heavy atom. The van der Waals surface area contributed by atoms with Crippen LogP contribution in [0.4, 0.5) is 0 Å². The molecule has 6 heteroatoms. The van der Waals surface area contributed by atoms with E-state index < -0.39 is 0 Å². The summed E-state index contributed by atoms with van der Waals surface area (Å²) in [7, 11) is 3.59. The minimum Gasteiger partial charge on any atom is -0.480 e. The summed E-state index contributed by atoms with van der Waals surface area (Å²) in [5, 5.41) is 12.5. The Hall–Kier alpha value is -1.53. The molecular weight excluding hydrogens is 260 g/mol. The average Bonchev–Trinajstić information content (AvgIpc) is 2.91. The first-order valence-electron chi connectivity index (χ1n) is 6.36. The van der Waals surface area contributed by atoms with Crippen LogP contribution in [0.1, 0.15) is 29.5 Å². The van der Waals surface area contributed by atoms with E-state index in [2.05, 4.69) is 15.5 Å². The molecule has 1 unspecified atom stereocenters. The van der Waals surface area contributed by atoms with Gasteiger partial charge in [0.05, 0.1) is 12.8 Å². The van der Waals surface area contributed by atoms with Crippen molar-refractivity contribution >= 4 is 11.3 Å². The second-order valence-corrected chi connectivity index (χ2v) is 5.56. The van der Waals surface area contributed by atoms with E-state index in [1.807, 2.05) is 19.2 Å². The van der Waals surface area contributed by atoms with Crippen molar-refractivity contribution in [1.29, 1.82) is 0 Å². The fourth-order valence-corrected chi connectivity index (χ4v) is 3.57. The van der Waals surface area contributed by atoms with Crippen LogP contribution in [0.3, 0.4) is 0 Å².